The van der Waals surface area contributed by atoms with Crippen LogP contribution in [-0.2, 0) is 17.5 Å². The Kier molecular flexibility index (Phi) is 8.57. The summed E-state index contributed by atoms with van der Waals surface area (Å²) in [7, 11) is 4.34. The lowest BCUT2D eigenvalue weighted by atomic mass is 10.1. The van der Waals surface area contributed by atoms with E-state index in [1.54, 1.807) is 37.4 Å². The highest BCUT2D eigenvalue weighted by molar-refractivity contribution is 5.98. The number of oxazole rings is 1. The summed E-state index contributed by atoms with van der Waals surface area (Å²) in [5.74, 6) is 0.516. The quantitative estimate of drug-likeness (QED) is 0.219. The summed E-state index contributed by atoms with van der Waals surface area (Å²) in [5.41, 5.74) is 5.84. The largest absolute Gasteiger partial charge is 0.497 e. The molecule has 13 heteroatoms. The fourth-order valence-electron chi connectivity index (χ4n) is 3.89. The summed E-state index contributed by atoms with van der Waals surface area (Å²) < 4.78 is 61.3. The lowest BCUT2D eigenvalue weighted by molar-refractivity contribution is -0.140. The van der Waals surface area contributed by atoms with Crippen LogP contribution in [0.5, 0.6) is 11.5 Å². The van der Waals surface area contributed by atoms with E-state index in [-0.39, 0.29) is 58.7 Å². The number of alkyl halides is 3. The molecule has 4 aromatic rings. The van der Waals surface area contributed by atoms with E-state index in [0.717, 1.165) is 6.07 Å². The summed E-state index contributed by atoms with van der Waals surface area (Å²) in [5, 5.41) is 2.94. The molecule has 0 atom stereocenters. The molecule has 0 fully saturated rings. The zero-order chi connectivity index (χ0) is 29.7. The predicted octanol–water partition coefficient (Wildman–Crippen LogP) is 4.72. The van der Waals surface area contributed by atoms with Gasteiger partial charge in [0.15, 0.2) is 11.5 Å². The number of hydrogen-bond donors (Lipinski definition) is 2. The second kappa shape index (κ2) is 12.1. The van der Waals surface area contributed by atoms with Crippen molar-refractivity contribution in [3.63, 3.8) is 0 Å². The monoisotopic (exact) mass is 569 g/mol. The van der Waals surface area contributed by atoms with Gasteiger partial charge in [0, 0.05) is 16.5 Å². The van der Waals surface area contributed by atoms with Gasteiger partial charge in [-0.1, -0.05) is 6.58 Å². The van der Waals surface area contributed by atoms with E-state index >= 15 is 0 Å². The molecule has 0 saturated carbocycles. The van der Waals surface area contributed by atoms with Gasteiger partial charge in [-0.05, 0) is 48.5 Å². The Labute approximate surface area is 232 Å². The lowest BCUT2D eigenvalue weighted by Crippen LogP contribution is -2.27. The molecular formula is C28H26F3N5O5. The maximum Gasteiger partial charge on any atom is 0.433 e. The molecule has 3 N–H and O–H groups in total. The van der Waals surface area contributed by atoms with Crippen LogP contribution in [0.4, 0.5) is 13.2 Å². The topological polar surface area (TPSA) is 134 Å². The Morgan fingerprint density at radius 2 is 1.78 bits per heavy atom. The zero-order valence-corrected chi connectivity index (χ0v) is 22.3. The lowest BCUT2D eigenvalue weighted by Gasteiger charge is -2.11. The smallest absolute Gasteiger partial charge is 0.433 e. The number of carbonyl (C=O) groups excluding carboxylic acids is 1. The maximum absolute atomic E-state index is 13.3. The standard InChI is InChI=1S/C28H26F3N5O5/c1-15(34-26(40-4)16-5-7-17(38-2)8-6-16)14-33-25(37)24-21(13-32)41-27(36-24)19-9-11-20(39-3)23-18(19)10-12-22(35-23)28(29,30)31/h5-12H,1,13-14,32H2,2-4H3,(H,33,37)/b34-26-. The Hall–Kier alpha value is -4.91. The second-order valence-corrected chi connectivity index (χ2v) is 8.50. The average molecular weight is 570 g/mol. The summed E-state index contributed by atoms with van der Waals surface area (Å²) in [6.07, 6.45) is -4.65. The van der Waals surface area contributed by atoms with Crippen LogP contribution in [0.1, 0.15) is 27.5 Å². The molecule has 1 amide bonds. The molecule has 2 heterocycles. The van der Waals surface area contributed by atoms with Crippen molar-refractivity contribution in [3.8, 4) is 23.0 Å². The first-order valence-corrected chi connectivity index (χ1v) is 12.1. The first-order valence-electron chi connectivity index (χ1n) is 12.1. The van der Waals surface area contributed by atoms with Crippen molar-refractivity contribution in [3.05, 3.63) is 83.5 Å². The SMILES string of the molecule is C=C(CNC(=O)c1nc(-c2ccc(OC)c3nc(C(F)(F)F)ccc23)oc1CN)/N=C(\OC)c1ccc(OC)cc1. The number of fused-ring (bicyclic) bond motifs is 1. The first kappa shape index (κ1) is 29.1. The number of methoxy groups -OCH3 is 3. The Morgan fingerprint density at radius 1 is 1.05 bits per heavy atom. The molecule has 0 radical (unpaired) electrons. The van der Waals surface area contributed by atoms with E-state index in [0.29, 0.717) is 16.9 Å². The number of amides is 1. The predicted molar refractivity (Wildman–Crippen MR) is 145 cm³/mol. The minimum absolute atomic E-state index is 0.0252. The van der Waals surface area contributed by atoms with Crippen molar-refractivity contribution in [2.24, 2.45) is 10.7 Å². The van der Waals surface area contributed by atoms with Crippen LogP contribution in [0.3, 0.4) is 0 Å². The van der Waals surface area contributed by atoms with Gasteiger partial charge in [-0.3, -0.25) is 4.79 Å². The third-order valence-corrected chi connectivity index (χ3v) is 5.90. The summed E-state index contributed by atoms with van der Waals surface area (Å²) in [4.78, 5) is 25.4. The average Bonchev–Trinajstić information content (AvgIpc) is 3.41. The summed E-state index contributed by atoms with van der Waals surface area (Å²) in [6, 6.07) is 12.1. The van der Waals surface area contributed by atoms with Crippen LogP contribution < -0.4 is 20.5 Å². The van der Waals surface area contributed by atoms with E-state index in [9.17, 15) is 18.0 Å². The van der Waals surface area contributed by atoms with Crippen LogP contribution >= 0.6 is 0 Å². The van der Waals surface area contributed by atoms with Crippen molar-refractivity contribution < 1.29 is 36.6 Å². The van der Waals surface area contributed by atoms with E-state index in [4.69, 9.17) is 24.4 Å². The highest BCUT2D eigenvalue weighted by atomic mass is 19.4. The van der Waals surface area contributed by atoms with E-state index in [2.05, 4.69) is 26.9 Å². The van der Waals surface area contributed by atoms with Gasteiger partial charge < -0.3 is 29.7 Å². The number of aliphatic imine (C=N–C) groups is 1. The van der Waals surface area contributed by atoms with E-state index in [1.165, 1.54) is 26.4 Å². The number of ether oxygens (including phenoxy) is 3. The summed E-state index contributed by atoms with van der Waals surface area (Å²) in [6.45, 7) is 3.65. The molecular weight excluding hydrogens is 543 g/mol. The molecule has 4 rings (SSSR count). The van der Waals surface area contributed by atoms with Crippen molar-refractivity contribution in [1.82, 2.24) is 15.3 Å². The number of pyridine rings is 1. The Balaban J connectivity index is 1.58. The van der Waals surface area contributed by atoms with Crippen LogP contribution in [-0.4, -0.2) is 49.6 Å². The van der Waals surface area contributed by atoms with Crippen LogP contribution in [0.25, 0.3) is 22.4 Å². The summed E-state index contributed by atoms with van der Waals surface area (Å²) >= 11 is 0. The van der Waals surface area contributed by atoms with Crippen molar-refractivity contribution in [2.75, 3.05) is 27.9 Å². The number of nitrogens with two attached hydrogens (primary N) is 1. The van der Waals surface area contributed by atoms with Crippen molar-refractivity contribution in [2.45, 2.75) is 12.7 Å². The molecule has 0 unspecified atom stereocenters. The molecule has 2 aromatic carbocycles. The normalized spacial score (nSPS) is 11.8. The minimum Gasteiger partial charge on any atom is -0.497 e. The third-order valence-electron chi connectivity index (χ3n) is 5.90. The van der Waals surface area contributed by atoms with Crippen molar-refractivity contribution in [1.29, 1.82) is 0 Å². The van der Waals surface area contributed by atoms with Crippen molar-refractivity contribution >= 4 is 22.7 Å². The van der Waals surface area contributed by atoms with Gasteiger partial charge in [0.2, 0.25) is 11.8 Å². The molecule has 10 nitrogen and oxygen atoms in total. The molecule has 2 aromatic heterocycles. The fraction of sp³-hybridized carbons (Fsp3) is 0.214. The highest BCUT2D eigenvalue weighted by Crippen LogP contribution is 2.37. The highest BCUT2D eigenvalue weighted by Gasteiger charge is 2.33. The van der Waals surface area contributed by atoms with Gasteiger partial charge >= 0.3 is 6.18 Å². The van der Waals surface area contributed by atoms with Gasteiger partial charge in [-0.15, -0.1) is 0 Å². The molecule has 0 aliphatic carbocycles. The molecule has 0 aliphatic rings. The number of rotatable bonds is 9. The Morgan fingerprint density at radius 3 is 2.39 bits per heavy atom. The van der Waals surface area contributed by atoms with Gasteiger partial charge in [0.1, 0.15) is 22.7 Å². The maximum atomic E-state index is 13.3. The number of aromatic nitrogens is 2. The molecule has 0 saturated heterocycles. The first-order chi connectivity index (χ1) is 19.6. The van der Waals surface area contributed by atoms with E-state index < -0.39 is 17.8 Å². The second-order valence-electron chi connectivity index (χ2n) is 8.50. The molecule has 41 heavy (non-hydrogen) atoms. The number of carbonyl (C=O) groups is 1. The van der Waals surface area contributed by atoms with Crippen LogP contribution in [0.2, 0.25) is 0 Å². The van der Waals surface area contributed by atoms with Gasteiger partial charge in [0.05, 0.1) is 40.1 Å². The minimum atomic E-state index is -4.65. The van der Waals surface area contributed by atoms with Crippen LogP contribution in [0, 0.1) is 0 Å². The fourth-order valence-corrected chi connectivity index (χ4v) is 3.89. The molecule has 0 bridgehead atoms. The van der Waals surface area contributed by atoms with Gasteiger partial charge in [-0.2, -0.15) is 13.2 Å². The number of hydrogen-bond acceptors (Lipinski definition) is 9. The number of nitrogens with zero attached hydrogens (tertiary/aromatic N) is 3. The molecule has 214 valence electrons. The van der Waals surface area contributed by atoms with Gasteiger partial charge in [-0.25, -0.2) is 15.0 Å². The molecule has 0 aliphatic heterocycles. The third kappa shape index (κ3) is 6.30. The number of benzene rings is 2. The Bertz CT molecular complexity index is 1610. The van der Waals surface area contributed by atoms with E-state index in [1.807, 2.05) is 0 Å². The van der Waals surface area contributed by atoms with Crippen LogP contribution in [0.15, 0.2) is 70.2 Å². The number of nitrogens with one attached hydrogen (secondary N) is 1. The zero-order valence-electron chi connectivity index (χ0n) is 22.3. The van der Waals surface area contributed by atoms with Gasteiger partial charge in [0.25, 0.3) is 5.91 Å². The molecule has 0 spiro atoms. The number of halogens is 3.